The molecule has 1 aromatic heterocycles. The highest BCUT2D eigenvalue weighted by molar-refractivity contribution is 7.15. The zero-order chi connectivity index (χ0) is 10.4. The quantitative estimate of drug-likeness (QED) is 0.737. The van der Waals surface area contributed by atoms with E-state index >= 15 is 0 Å². The van der Waals surface area contributed by atoms with Crippen molar-refractivity contribution in [2.75, 3.05) is 5.32 Å². The predicted octanol–water partition coefficient (Wildman–Crippen LogP) is 3.23. The minimum absolute atomic E-state index is 0.508. The molecule has 0 aliphatic heterocycles. The van der Waals surface area contributed by atoms with Crippen LogP contribution in [0.5, 0.6) is 0 Å². The second kappa shape index (κ2) is 5.96. The van der Waals surface area contributed by atoms with E-state index in [4.69, 9.17) is 0 Å². The normalized spacial score (nSPS) is 12.8. The van der Waals surface area contributed by atoms with E-state index in [1.807, 2.05) is 6.92 Å². The second-order valence-electron chi connectivity index (χ2n) is 3.67. The van der Waals surface area contributed by atoms with E-state index in [0.717, 1.165) is 10.1 Å². The van der Waals surface area contributed by atoms with Crippen molar-refractivity contribution in [1.29, 1.82) is 0 Å². The summed E-state index contributed by atoms with van der Waals surface area (Å²) in [6, 6.07) is 0.508. The minimum atomic E-state index is 0.508. The fourth-order valence-electron chi connectivity index (χ4n) is 1.34. The van der Waals surface area contributed by atoms with Crippen LogP contribution in [-0.4, -0.2) is 16.2 Å². The van der Waals surface area contributed by atoms with Gasteiger partial charge in [-0.2, -0.15) is 0 Å². The lowest BCUT2D eigenvalue weighted by Crippen LogP contribution is -2.14. The van der Waals surface area contributed by atoms with Crippen LogP contribution in [0.25, 0.3) is 0 Å². The maximum absolute atomic E-state index is 4.04. The Hall–Kier alpha value is -0.640. The summed E-state index contributed by atoms with van der Waals surface area (Å²) < 4.78 is 0. The Morgan fingerprint density at radius 3 is 2.71 bits per heavy atom. The number of aromatic nitrogens is 2. The molecule has 1 heterocycles. The number of anilines is 1. The van der Waals surface area contributed by atoms with Crippen molar-refractivity contribution in [3.8, 4) is 0 Å². The number of hydrogen-bond donors (Lipinski definition) is 1. The zero-order valence-electron chi connectivity index (χ0n) is 9.21. The molecule has 3 nitrogen and oxygen atoms in total. The molecule has 0 amide bonds. The highest BCUT2D eigenvalue weighted by Gasteiger charge is 2.04. The van der Waals surface area contributed by atoms with Gasteiger partial charge in [0.25, 0.3) is 0 Å². The first-order valence-electron chi connectivity index (χ1n) is 5.29. The van der Waals surface area contributed by atoms with Gasteiger partial charge in [0.1, 0.15) is 5.01 Å². The third-order valence-electron chi connectivity index (χ3n) is 2.14. The van der Waals surface area contributed by atoms with Crippen LogP contribution in [0.4, 0.5) is 5.13 Å². The Bertz CT molecular complexity index is 260. The molecule has 1 unspecified atom stereocenters. The standard InChI is InChI=1S/C10H19N3S/c1-4-5-6-7-8(2)11-10-13-12-9(3)14-10/h8H,4-7H2,1-3H3,(H,11,13). The third kappa shape index (κ3) is 4.05. The minimum Gasteiger partial charge on any atom is -0.358 e. The van der Waals surface area contributed by atoms with Crippen molar-refractivity contribution in [3.05, 3.63) is 5.01 Å². The predicted molar refractivity (Wildman–Crippen MR) is 61.9 cm³/mol. The van der Waals surface area contributed by atoms with Gasteiger partial charge in [0.05, 0.1) is 0 Å². The summed E-state index contributed by atoms with van der Waals surface area (Å²) in [5.41, 5.74) is 0. The van der Waals surface area contributed by atoms with Gasteiger partial charge in [0.15, 0.2) is 0 Å². The van der Waals surface area contributed by atoms with Crippen LogP contribution in [0.15, 0.2) is 0 Å². The fourth-order valence-corrected chi connectivity index (χ4v) is 2.04. The second-order valence-corrected chi connectivity index (χ2v) is 4.85. The molecule has 4 heteroatoms. The molecule has 0 saturated heterocycles. The summed E-state index contributed by atoms with van der Waals surface area (Å²) in [4.78, 5) is 0. The summed E-state index contributed by atoms with van der Waals surface area (Å²) in [6.45, 7) is 6.41. The van der Waals surface area contributed by atoms with E-state index in [9.17, 15) is 0 Å². The fraction of sp³-hybridized carbons (Fsp3) is 0.800. The molecule has 0 spiro atoms. The molecule has 0 aliphatic carbocycles. The molecule has 0 aromatic carbocycles. The Kier molecular flexibility index (Phi) is 4.87. The maximum atomic E-state index is 4.04. The molecule has 0 saturated carbocycles. The molecule has 14 heavy (non-hydrogen) atoms. The molecule has 1 rings (SSSR count). The average molecular weight is 213 g/mol. The van der Waals surface area contributed by atoms with E-state index in [2.05, 4.69) is 29.4 Å². The molecular weight excluding hydrogens is 194 g/mol. The van der Waals surface area contributed by atoms with Gasteiger partial charge in [-0.1, -0.05) is 37.5 Å². The molecule has 0 radical (unpaired) electrons. The molecule has 80 valence electrons. The lowest BCUT2D eigenvalue weighted by Gasteiger charge is -2.11. The van der Waals surface area contributed by atoms with Crippen molar-refractivity contribution in [2.24, 2.45) is 0 Å². The van der Waals surface area contributed by atoms with E-state index in [-0.39, 0.29) is 0 Å². The first-order valence-corrected chi connectivity index (χ1v) is 6.10. The van der Waals surface area contributed by atoms with Crippen molar-refractivity contribution < 1.29 is 0 Å². The summed E-state index contributed by atoms with van der Waals surface area (Å²) in [5.74, 6) is 0. The number of rotatable bonds is 6. The van der Waals surface area contributed by atoms with Gasteiger partial charge in [-0.05, 0) is 20.3 Å². The Labute approximate surface area is 89.9 Å². The van der Waals surface area contributed by atoms with Crippen LogP contribution in [0.3, 0.4) is 0 Å². The molecule has 0 fully saturated rings. The number of nitrogens with zero attached hydrogens (tertiary/aromatic N) is 2. The lowest BCUT2D eigenvalue weighted by molar-refractivity contribution is 0.614. The number of unbranched alkanes of at least 4 members (excludes halogenated alkanes) is 2. The summed E-state index contributed by atoms with van der Waals surface area (Å²) in [6.07, 6.45) is 5.11. The van der Waals surface area contributed by atoms with Gasteiger partial charge in [0.2, 0.25) is 5.13 Å². The van der Waals surface area contributed by atoms with Gasteiger partial charge in [-0.15, -0.1) is 10.2 Å². The Balaban J connectivity index is 2.23. The van der Waals surface area contributed by atoms with Gasteiger partial charge < -0.3 is 5.32 Å². The highest BCUT2D eigenvalue weighted by Crippen LogP contribution is 2.16. The lowest BCUT2D eigenvalue weighted by atomic mass is 10.1. The summed E-state index contributed by atoms with van der Waals surface area (Å²) >= 11 is 1.62. The molecule has 0 aliphatic rings. The van der Waals surface area contributed by atoms with Crippen LogP contribution >= 0.6 is 11.3 Å². The smallest absolute Gasteiger partial charge is 0.205 e. The topological polar surface area (TPSA) is 37.8 Å². The highest BCUT2D eigenvalue weighted by atomic mass is 32.1. The van der Waals surface area contributed by atoms with Crippen molar-refractivity contribution >= 4 is 16.5 Å². The summed E-state index contributed by atoms with van der Waals surface area (Å²) in [7, 11) is 0. The Morgan fingerprint density at radius 2 is 2.14 bits per heavy atom. The van der Waals surface area contributed by atoms with Crippen LogP contribution < -0.4 is 5.32 Å². The Morgan fingerprint density at radius 1 is 1.36 bits per heavy atom. The van der Waals surface area contributed by atoms with Crippen LogP contribution in [-0.2, 0) is 0 Å². The largest absolute Gasteiger partial charge is 0.358 e. The van der Waals surface area contributed by atoms with Crippen molar-refractivity contribution in [2.45, 2.75) is 52.5 Å². The monoisotopic (exact) mass is 213 g/mol. The van der Waals surface area contributed by atoms with Crippen LogP contribution in [0.2, 0.25) is 0 Å². The van der Waals surface area contributed by atoms with Gasteiger partial charge in [-0.25, -0.2) is 0 Å². The third-order valence-corrected chi connectivity index (χ3v) is 2.91. The van der Waals surface area contributed by atoms with Gasteiger partial charge >= 0.3 is 0 Å². The summed E-state index contributed by atoms with van der Waals surface area (Å²) in [5, 5.41) is 13.4. The van der Waals surface area contributed by atoms with Crippen molar-refractivity contribution in [3.63, 3.8) is 0 Å². The molecule has 1 atom stereocenters. The molecule has 1 N–H and O–H groups in total. The average Bonchev–Trinajstić information content (AvgIpc) is 2.52. The SMILES string of the molecule is CCCCCC(C)Nc1nnc(C)s1. The first-order chi connectivity index (χ1) is 6.72. The first kappa shape index (κ1) is 11.4. The van der Waals surface area contributed by atoms with Crippen LogP contribution in [0, 0.1) is 6.92 Å². The number of hydrogen-bond acceptors (Lipinski definition) is 4. The van der Waals surface area contributed by atoms with E-state index in [1.165, 1.54) is 25.7 Å². The number of nitrogens with one attached hydrogen (secondary N) is 1. The van der Waals surface area contributed by atoms with E-state index in [0.29, 0.717) is 6.04 Å². The number of aryl methyl sites for hydroxylation is 1. The van der Waals surface area contributed by atoms with Gasteiger partial charge in [0, 0.05) is 6.04 Å². The molecular formula is C10H19N3S. The van der Waals surface area contributed by atoms with Crippen LogP contribution in [0.1, 0.15) is 44.5 Å². The molecule has 0 bridgehead atoms. The van der Waals surface area contributed by atoms with Crippen molar-refractivity contribution in [1.82, 2.24) is 10.2 Å². The van der Waals surface area contributed by atoms with Gasteiger partial charge in [-0.3, -0.25) is 0 Å². The zero-order valence-corrected chi connectivity index (χ0v) is 10.0. The molecule has 1 aromatic rings. The van der Waals surface area contributed by atoms with E-state index < -0.39 is 0 Å². The van der Waals surface area contributed by atoms with E-state index in [1.54, 1.807) is 11.3 Å². The maximum Gasteiger partial charge on any atom is 0.205 e.